The van der Waals surface area contributed by atoms with E-state index in [9.17, 15) is 26.4 Å². The van der Waals surface area contributed by atoms with Gasteiger partial charge in [0.15, 0.2) is 0 Å². The molecular formula is C24H24ClF3N4O3S. The number of benzene rings is 2. The van der Waals surface area contributed by atoms with Crippen molar-refractivity contribution in [3.05, 3.63) is 81.6 Å². The van der Waals surface area contributed by atoms with E-state index in [2.05, 4.69) is 10.5 Å². The van der Waals surface area contributed by atoms with Crippen LogP contribution in [0, 0.1) is 20.8 Å². The summed E-state index contributed by atoms with van der Waals surface area (Å²) in [5.41, 5.74) is 5.29. The van der Waals surface area contributed by atoms with Crippen molar-refractivity contribution in [3.63, 3.8) is 0 Å². The van der Waals surface area contributed by atoms with Gasteiger partial charge in [0.1, 0.15) is 6.54 Å². The molecule has 1 aromatic heterocycles. The minimum absolute atomic E-state index is 0.352. The van der Waals surface area contributed by atoms with Crippen LogP contribution in [-0.4, -0.2) is 37.9 Å². The topological polar surface area (TPSA) is 83.8 Å². The largest absolute Gasteiger partial charge is 0.417 e. The first-order valence-corrected chi connectivity index (χ1v) is 12.8. The van der Waals surface area contributed by atoms with Crippen molar-refractivity contribution in [1.29, 1.82) is 0 Å². The number of hydrogen-bond acceptors (Lipinski definition) is 4. The lowest BCUT2D eigenvalue weighted by Gasteiger charge is -2.22. The van der Waals surface area contributed by atoms with Crippen molar-refractivity contribution in [3.8, 4) is 5.69 Å². The van der Waals surface area contributed by atoms with E-state index in [0.29, 0.717) is 10.4 Å². The van der Waals surface area contributed by atoms with Crippen molar-refractivity contribution >= 4 is 39.4 Å². The molecule has 0 bridgehead atoms. The predicted molar refractivity (Wildman–Crippen MR) is 134 cm³/mol. The van der Waals surface area contributed by atoms with E-state index in [1.54, 1.807) is 0 Å². The maximum atomic E-state index is 13.2. The summed E-state index contributed by atoms with van der Waals surface area (Å²) in [5.74, 6) is -0.840. The molecule has 0 fully saturated rings. The Kier molecular flexibility index (Phi) is 7.85. The Morgan fingerprint density at radius 3 is 2.42 bits per heavy atom. The Bertz CT molecular complexity index is 1430. The molecule has 2 aromatic carbocycles. The van der Waals surface area contributed by atoms with Crippen LogP contribution in [0.15, 0.2) is 53.6 Å². The van der Waals surface area contributed by atoms with Gasteiger partial charge in [-0.15, -0.1) is 0 Å². The fraction of sp³-hybridized carbons (Fsp3) is 0.250. The number of sulfonamides is 1. The highest BCUT2D eigenvalue weighted by Gasteiger charge is 2.34. The van der Waals surface area contributed by atoms with Gasteiger partial charge < -0.3 is 4.57 Å². The number of carbonyl (C=O) groups excluding carboxylic acids is 1. The number of para-hydroxylation sites is 1. The molecule has 1 amide bonds. The number of nitrogens with zero attached hydrogens (tertiary/aromatic N) is 3. The quantitative estimate of drug-likeness (QED) is 0.338. The highest BCUT2D eigenvalue weighted by Crippen LogP contribution is 2.37. The van der Waals surface area contributed by atoms with Crippen molar-refractivity contribution in [2.75, 3.05) is 17.1 Å². The third-order valence-electron chi connectivity index (χ3n) is 5.45. The number of hydrogen-bond donors (Lipinski definition) is 1. The maximum Gasteiger partial charge on any atom is 0.417 e. The molecule has 3 aromatic rings. The number of amides is 1. The van der Waals surface area contributed by atoms with Crippen LogP contribution in [0.4, 0.5) is 18.9 Å². The number of anilines is 1. The van der Waals surface area contributed by atoms with E-state index in [4.69, 9.17) is 11.6 Å². The molecule has 0 saturated carbocycles. The third-order valence-corrected chi connectivity index (χ3v) is 6.92. The molecule has 0 spiro atoms. The van der Waals surface area contributed by atoms with Crippen LogP contribution in [-0.2, 0) is 21.0 Å². The Hall–Kier alpha value is -3.31. The van der Waals surface area contributed by atoms with E-state index < -0.39 is 39.2 Å². The maximum absolute atomic E-state index is 13.2. The van der Waals surface area contributed by atoms with E-state index >= 15 is 0 Å². The zero-order chi connectivity index (χ0) is 26.8. The molecule has 36 heavy (non-hydrogen) atoms. The van der Waals surface area contributed by atoms with E-state index in [-0.39, 0.29) is 5.69 Å². The lowest BCUT2D eigenvalue weighted by molar-refractivity contribution is -0.137. The Labute approximate surface area is 212 Å². The molecule has 0 aliphatic rings. The fourth-order valence-electron chi connectivity index (χ4n) is 3.73. The van der Waals surface area contributed by atoms with Crippen molar-refractivity contribution in [1.82, 2.24) is 9.99 Å². The number of halogens is 4. The summed E-state index contributed by atoms with van der Waals surface area (Å²) >= 11 is 5.62. The van der Waals surface area contributed by atoms with Crippen LogP contribution in [0.3, 0.4) is 0 Å². The lowest BCUT2D eigenvalue weighted by Crippen LogP contribution is -2.39. The summed E-state index contributed by atoms with van der Waals surface area (Å²) in [5, 5.41) is 3.33. The predicted octanol–water partition coefficient (Wildman–Crippen LogP) is 4.99. The Balaban J connectivity index is 1.80. The zero-order valence-electron chi connectivity index (χ0n) is 19.9. The minimum Gasteiger partial charge on any atom is -0.318 e. The van der Waals surface area contributed by atoms with Crippen molar-refractivity contribution in [2.45, 2.75) is 26.9 Å². The van der Waals surface area contributed by atoms with Gasteiger partial charge in [0.25, 0.3) is 5.91 Å². The molecule has 0 saturated heterocycles. The van der Waals surface area contributed by atoms with Gasteiger partial charge in [0, 0.05) is 22.6 Å². The third kappa shape index (κ3) is 6.08. The molecule has 1 N–H and O–H groups in total. The average molecular weight is 541 g/mol. The van der Waals surface area contributed by atoms with Crippen LogP contribution in [0.2, 0.25) is 5.02 Å². The highest BCUT2D eigenvalue weighted by atomic mass is 35.5. The minimum atomic E-state index is -4.80. The van der Waals surface area contributed by atoms with E-state index in [1.807, 2.05) is 55.7 Å². The normalized spacial score (nSPS) is 12.2. The molecule has 0 atom stereocenters. The van der Waals surface area contributed by atoms with Gasteiger partial charge in [-0.25, -0.2) is 13.8 Å². The number of rotatable bonds is 7. The van der Waals surface area contributed by atoms with Gasteiger partial charge in [0.05, 0.1) is 28.7 Å². The summed E-state index contributed by atoms with van der Waals surface area (Å²) in [6.07, 6.45) is -2.59. The van der Waals surface area contributed by atoms with Crippen LogP contribution in [0.5, 0.6) is 0 Å². The molecule has 0 aliphatic carbocycles. The van der Waals surface area contributed by atoms with Crippen molar-refractivity contribution < 1.29 is 26.4 Å². The smallest absolute Gasteiger partial charge is 0.318 e. The molecule has 0 unspecified atom stereocenters. The lowest BCUT2D eigenvalue weighted by atomic mass is 10.2. The Morgan fingerprint density at radius 2 is 1.81 bits per heavy atom. The number of hydrazone groups is 1. The second kappa shape index (κ2) is 10.4. The summed E-state index contributed by atoms with van der Waals surface area (Å²) in [6, 6.07) is 12.3. The molecule has 0 radical (unpaired) electrons. The first-order valence-electron chi connectivity index (χ1n) is 10.6. The van der Waals surface area contributed by atoms with Gasteiger partial charge in [-0.3, -0.25) is 9.10 Å². The van der Waals surface area contributed by atoms with Crippen LogP contribution in [0.25, 0.3) is 5.69 Å². The number of nitrogens with one attached hydrogen (secondary N) is 1. The SMILES string of the molecule is Cc1ccccc1-n1c(C)cc(/C=N\NC(=O)CN(c2ccc(Cl)c(C(F)(F)F)c2)S(C)(=O)=O)c1C. The molecule has 7 nitrogen and oxygen atoms in total. The monoisotopic (exact) mass is 540 g/mol. The van der Waals surface area contributed by atoms with E-state index in [0.717, 1.165) is 46.6 Å². The van der Waals surface area contributed by atoms with Gasteiger partial charge in [-0.1, -0.05) is 29.8 Å². The second-order valence-electron chi connectivity index (χ2n) is 8.17. The summed E-state index contributed by atoms with van der Waals surface area (Å²) < 4.78 is 66.7. The van der Waals surface area contributed by atoms with Crippen LogP contribution >= 0.6 is 11.6 Å². The first kappa shape index (κ1) is 27.3. The second-order valence-corrected chi connectivity index (χ2v) is 10.5. The van der Waals surface area contributed by atoms with Gasteiger partial charge >= 0.3 is 6.18 Å². The van der Waals surface area contributed by atoms with Crippen LogP contribution < -0.4 is 9.73 Å². The van der Waals surface area contributed by atoms with Crippen LogP contribution in [0.1, 0.15) is 28.1 Å². The number of aromatic nitrogens is 1. The average Bonchev–Trinajstić information content (AvgIpc) is 3.04. The molecule has 1 heterocycles. The first-order chi connectivity index (χ1) is 16.7. The van der Waals surface area contributed by atoms with E-state index in [1.165, 1.54) is 6.21 Å². The Morgan fingerprint density at radius 1 is 1.14 bits per heavy atom. The van der Waals surface area contributed by atoms with Crippen molar-refractivity contribution in [2.24, 2.45) is 5.10 Å². The summed E-state index contributed by atoms with van der Waals surface area (Å²) in [6.45, 7) is 5.04. The molecule has 3 rings (SSSR count). The number of aryl methyl sites for hydroxylation is 2. The molecular weight excluding hydrogens is 517 g/mol. The van der Waals surface area contributed by atoms with Gasteiger partial charge in [0.2, 0.25) is 10.0 Å². The highest BCUT2D eigenvalue weighted by molar-refractivity contribution is 7.92. The summed E-state index contributed by atoms with van der Waals surface area (Å²) in [7, 11) is -4.10. The molecule has 0 aliphatic heterocycles. The standard InChI is InChI=1S/C24H24ClF3N4O3S/c1-15-7-5-6-8-22(15)32-16(2)11-18(17(32)3)13-29-30-23(33)14-31(36(4,34)35)19-9-10-21(25)20(12-19)24(26,27)28/h5-13H,14H2,1-4H3,(H,30,33)/b29-13-. The molecule has 192 valence electrons. The molecule has 12 heteroatoms. The number of alkyl halides is 3. The van der Waals surface area contributed by atoms with Gasteiger partial charge in [-0.2, -0.15) is 18.3 Å². The van der Waals surface area contributed by atoms with Gasteiger partial charge in [-0.05, 0) is 56.7 Å². The zero-order valence-corrected chi connectivity index (χ0v) is 21.5. The fourth-order valence-corrected chi connectivity index (χ4v) is 4.80. The number of carbonyl (C=O) groups is 1. The summed E-state index contributed by atoms with van der Waals surface area (Å²) in [4.78, 5) is 12.5.